The average Bonchev–Trinajstić information content (AvgIpc) is 1.89. The molecule has 0 aliphatic heterocycles. The summed E-state index contributed by atoms with van der Waals surface area (Å²) in [5.41, 5.74) is 9.07. The van der Waals surface area contributed by atoms with Gasteiger partial charge in [0.1, 0.15) is 0 Å². The van der Waals surface area contributed by atoms with E-state index in [1.807, 2.05) is 0 Å². The van der Waals surface area contributed by atoms with Crippen molar-refractivity contribution in [3.05, 3.63) is 25.3 Å². The van der Waals surface area contributed by atoms with Crippen LogP contribution in [0.3, 0.4) is 0 Å². The Morgan fingerprint density at radius 3 is 0.867 bits per heavy atom. The van der Waals surface area contributed by atoms with Crippen molar-refractivity contribution in [1.82, 2.24) is 0 Å². The second-order valence-electron chi connectivity index (χ2n) is 1.21. The Labute approximate surface area is 113 Å². The van der Waals surface area contributed by atoms with E-state index in [9.17, 15) is 9.59 Å². The van der Waals surface area contributed by atoms with Gasteiger partial charge in [-0.2, -0.15) is 0 Å². The van der Waals surface area contributed by atoms with Crippen LogP contribution >= 0.6 is 49.6 Å². The molecule has 0 aliphatic rings. The highest BCUT2D eigenvalue weighted by Crippen LogP contribution is 1.49. The highest BCUT2D eigenvalue weighted by Gasteiger charge is 1.69. The molecule has 0 fully saturated rings. The van der Waals surface area contributed by atoms with Crippen molar-refractivity contribution in [2.45, 2.75) is 0 Å². The topological polar surface area (TPSA) is 118 Å². The van der Waals surface area contributed by atoms with E-state index >= 15 is 0 Å². The fraction of sp³-hybridized carbons (Fsp3) is 0. The molecule has 0 aliphatic carbocycles. The monoisotopic (exact) mass is 304 g/mol. The largest absolute Gasteiger partial charge is 0.412 e. The van der Waals surface area contributed by atoms with Crippen molar-refractivity contribution in [3.8, 4) is 0 Å². The van der Waals surface area contributed by atoms with Gasteiger partial charge >= 0.3 is 0 Å². The normalized spacial score (nSPS) is 4.27. The first-order chi connectivity index (χ1) is 4.54. The predicted molar refractivity (Wildman–Crippen MR) is 71.4 cm³/mol. The van der Waals surface area contributed by atoms with Crippen LogP contribution in [0.15, 0.2) is 25.3 Å². The lowest BCUT2D eigenvalue weighted by Crippen LogP contribution is -2.04. The minimum absolute atomic E-state index is 0. The lowest BCUT2D eigenvalue weighted by atomic mass is 10.6. The van der Waals surface area contributed by atoms with Gasteiger partial charge in [-0.1, -0.05) is 13.2 Å². The highest BCUT2D eigenvalue weighted by atomic mass is 35.5. The first kappa shape index (κ1) is 46.9. The fourth-order valence-corrected chi connectivity index (χ4v) is 0. The molecule has 5 nitrogen and oxygen atoms in total. The minimum atomic E-state index is -0.481. The number of amides is 2. The molecule has 0 unspecified atom stereocenters. The molecule has 6 N–H and O–H groups in total. The summed E-state index contributed by atoms with van der Waals surface area (Å²) in [6.45, 7) is 6.17. The second-order valence-corrected chi connectivity index (χ2v) is 1.21. The van der Waals surface area contributed by atoms with Crippen LogP contribution in [0.4, 0.5) is 0 Å². The molecule has 96 valence electrons. The number of halogens is 4. The minimum Gasteiger partial charge on any atom is -0.412 e. The molecule has 0 atom stereocenters. The molecule has 0 aromatic rings. The summed E-state index contributed by atoms with van der Waals surface area (Å²) >= 11 is 0. The van der Waals surface area contributed by atoms with Crippen LogP contribution in [-0.2, 0) is 9.59 Å². The summed E-state index contributed by atoms with van der Waals surface area (Å²) in [5.74, 6) is -0.963. The van der Waals surface area contributed by atoms with Crippen LogP contribution < -0.4 is 11.5 Å². The maximum Gasteiger partial charge on any atom is 0.240 e. The molecule has 9 heteroatoms. The van der Waals surface area contributed by atoms with Crippen LogP contribution in [0, 0.1) is 0 Å². The maximum absolute atomic E-state index is 9.47. The van der Waals surface area contributed by atoms with E-state index in [0.29, 0.717) is 0 Å². The molecule has 0 aromatic heterocycles. The molecule has 0 saturated heterocycles. The summed E-state index contributed by atoms with van der Waals surface area (Å²) in [4.78, 5) is 18.9. The molecular formula is C6H16Cl4N2O3. The molecule has 0 spiro atoms. The molecular weight excluding hydrogens is 290 g/mol. The second kappa shape index (κ2) is 37.5. The standard InChI is InChI=1S/2C3H5NO.4ClH.H2O/c2*1-2-3(4)5;;;;;/h2*2H,1H2,(H2,4,5);4*1H;1H2. The fourth-order valence-electron chi connectivity index (χ4n) is 0. The third-order valence-electron chi connectivity index (χ3n) is 0.402. The first-order valence-corrected chi connectivity index (χ1v) is 2.38. The van der Waals surface area contributed by atoms with Gasteiger partial charge in [0.2, 0.25) is 11.8 Å². The number of hydrogen-bond donors (Lipinski definition) is 2. The van der Waals surface area contributed by atoms with Crippen LogP contribution in [-0.4, -0.2) is 17.3 Å². The van der Waals surface area contributed by atoms with E-state index in [0.717, 1.165) is 12.2 Å². The summed E-state index contributed by atoms with van der Waals surface area (Å²) in [6, 6.07) is 0. The third-order valence-corrected chi connectivity index (χ3v) is 0.402. The smallest absolute Gasteiger partial charge is 0.240 e. The van der Waals surface area contributed by atoms with Gasteiger partial charge in [-0.15, -0.1) is 49.6 Å². The predicted octanol–water partition coefficient (Wildman–Crippen LogP) is 0.178. The molecule has 0 aromatic carbocycles. The van der Waals surface area contributed by atoms with Gasteiger partial charge in [-0.3, -0.25) is 9.59 Å². The Morgan fingerprint density at radius 2 is 0.867 bits per heavy atom. The molecule has 0 saturated carbocycles. The molecule has 2 amide bonds. The zero-order valence-corrected chi connectivity index (χ0v) is 10.9. The quantitative estimate of drug-likeness (QED) is 0.708. The summed E-state index contributed by atoms with van der Waals surface area (Å²) in [5, 5.41) is 0. The Hall–Kier alpha value is -0.460. The van der Waals surface area contributed by atoms with E-state index < -0.39 is 11.8 Å². The van der Waals surface area contributed by atoms with Gasteiger partial charge in [0.25, 0.3) is 0 Å². The van der Waals surface area contributed by atoms with Crippen LogP contribution in [0.1, 0.15) is 0 Å². The van der Waals surface area contributed by atoms with Crippen molar-refractivity contribution < 1.29 is 15.1 Å². The lowest BCUT2D eigenvalue weighted by molar-refractivity contribution is -0.114. The number of hydrogen-bond acceptors (Lipinski definition) is 2. The number of primary amides is 2. The van der Waals surface area contributed by atoms with Crippen molar-refractivity contribution in [1.29, 1.82) is 0 Å². The van der Waals surface area contributed by atoms with Gasteiger partial charge < -0.3 is 16.9 Å². The van der Waals surface area contributed by atoms with E-state index in [2.05, 4.69) is 24.6 Å². The summed E-state index contributed by atoms with van der Waals surface area (Å²) in [6.07, 6.45) is 2.11. The lowest BCUT2D eigenvalue weighted by Gasteiger charge is -1.65. The van der Waals surface area contributed by atoms with Gasteiger partial charge in [-0.05, 0) is 12.2 Å². The van der Waals surface area contributed by atoms with Crippen molar-refractivity contribution in [3.63, 3.8) is 0 Å². The van der Waals surface area contributed by atoms with E-state index in [-0.39, 0.29) is 55.1 Å². The van der Waals surface area contributed by atoms with Crippen molar-refractivity contribution in [2.75, 3.05) is 0 Å². The first-order valence-electron chi connectivity index (χ1n) is 2.38. The highest BCUT2D eigenvalue weighted by molar-refractivity contribution is 5.86. The Balaban J connectivity index is -0.0000000128. The van der Waals surface area contributed by atoms with Gasteiger partial charge in [0, 0.05) is 0 Å². The van der Waals surface area contributed by atoms with Gasteiger partial charge in [0.05, 0.1) is 0 Å². The van der Waals surface area contributed by atoms with Crippen molar-refractivity contribution in [2.24, 2.45) is 11.5 Å². The number of nitrogens with two attached hydrogens (primary N) is 2. The van der Waals surface area contributed by atoms with Crippen LogP contribution in [0.5, 0.6) is 0 Å². The number of rotatable bonds is 2. The zero-order valence-electron chi connectivity index (χ0n) is 7.67. The Kier molecular flexibility index (Phi) is 117. The maximum atomic E-state index is 9.47. The van der Waals surface area contributed by atoms with Crippen LogP contribution in [0.25, 0.3) is 0 Å². The van der Waals surface area contributed by atoms with E-state index in [1.54, 1.807) is 0 Å². The van der Waals surface area contributed by atoms with E-state index in [4.69, 9.17) is 0 Å². The van der Waals surface area contributed by atoms with Gasteiger partial charge in [0.15, 0.2) is 0 Å². The molecule has 0 rings (SSSR count). The van der Waals surface area contributed by atoms with Crippen LogP contribution in [0.2, 0.25) is 0 Å². The molecule has 0 radical (unpaired) electrons. The average molecular weight is 306 g/mol. The summed E-state index contributed by atoms with van der Waals surface area (Å²) < 4.78 is 0. The molecule has 0 bridgehead atoms. The number of carbonyl (C=O) groups excluding carboxylic acids is 2. The SMILES string of the molecule is C=CC(N)=O.C=CC(N)=O.Cl.Cl.Cl.Cl.O. The zero-order chi connectivity index (χ0) is 8.57. The Bertz CT molecular complexity index is 148. The van der Waals surface area contributed by atoms with E-state index in [1.165, 1.54) is 0 Å². The summed E-state index contributed by atoms with van der Waals surface area (Å²) in [7, 11) is 0. The molecule has 0 heterocycles. The van der Waals surface area contributed by atoms with Crippen molar-refractivity contribution >= 4 is 61.4 Å². The Morgan fingerprint density at radius 1 is 0.800 bits per heavy atom. The molecule has 15 heavy (non-hydrogen) atoms. The third kappa shape index (κ3) is 144. The number of carbonyl (C=O) groups is 2. The van der Waals surface area contributed by atoms with Gasteiger partial charge in [-0.25, -0.2) is 0 Å².